The van der Waals surface area contributed by atoms with Gasteiger partial charge < -0.3 is 15.0 Å². The summed E-state index contributed by atoms with van der Waals surface area (Å²) in [6, 6.07) is 6.64. The minimum Gasteiger partial charge on any atom is -0.372 e. The first kappa shape index (κ1) is 15.6. The van der Waals surface area contributed by atoms with E-state index in [0.717, 1.165) is 24.7 Å². The minimum absolute atomic E-state index is 0.253. The average molecular weight is 297 g/mol. The van der Waals surface area contributed by atoms with Gasteiger partial charge in [-0.1, -0.05) is 31.5 Å². The van der Waals surface area contributed by atoms with Crippen LogP contribution in [-0.2, 0) is 11.3 Å². The Bertz CT molecular complexity index is 440. The number of nitrogens with one attached hydrogen (secondary N) is 1. The summed E-state index contributed by atoms with van der Waals surface area (Å²) < 4.78 is 5.82. The van der Waals surface area contributed by atoms with Crippen molar-refractivity contribution in [1.29, 1.82) is 0 Å². The maximum Gasteiger partial charge on any atom is 0.0726 e. The lowest BCUT2D eigenvalue weighted by Gasteiger charge is -2.38. The molecule has 0 aromatic heterocycles. The van der Waals surface area contributed by atoms with E-state index >= 15 is 0 Å². The number of morpholine rings is 1. The Morgan fingerprint density at radius 2 is 1.95 bits per heavy atom. The predicted octanol–water partition coefficient (Wildman–Crippen LogP) is 3.45. The highest BCUT2D eigenvalue weighted by atomic mass is 35.5. The van der Waals surface area contributed by atoms with Gasteiger partial charge in [-0.3, -0.25) is 0 Å². The smallest absolute Gasteiger partial charge is 0.0726 e. The molecule has 1 saturated heterocycles. The average Bonchev–Trinajstić information content (AvgIpc) is 2.36. The van der Waals surface area contributed by atoms with Crippen LogP contribution in [0.15, 0.2) is 18.2 Å². The molecule has 1 fully saturated rings. The Kier molecular flexibility index (Phi) is 5.30. The van der Waals surface area contributed by atoms with Crippen molar-refractivity contribution in [3.05, 3.63) is 28.8 Å². The monoisotopic (exact) mass is 296 g/mol. The second-order valence-electron chi connectivity index (χ2n) is 5.97. The van der Waals surface area contributed by atoms with Crippen LogP contribution in [-0.4, -0.2) is 31.3 Å². The summed E-state index contributed by atoms with van der Waals surface area (Å²) in [6.07, 6.45) is 0.507. The molecule has 2 atom stereocenters. The number of hydrogen-bond acceptors (Lipinski definition) is 3. The maximum atomic E-state index is 6.19. The molecule has 1 aromatic carbocycles. The summed E-state index contributed by atoms with van der Waals surface area (Å²) in [4.78, 5) is 2.39. The van der Waals surface area contributed by atoms with Crippen LogP contribution >= 0.6 is 11.6 Å². The van der Waals surface area contributed by atoms with E-state index in [4.69, 9.17) is 16.3 Å². The molecule has 20 heavy (non-hydrogen) atoms. The molecule has 0 unspecified atom stereocenters. The highest BCUT2D eigenvalue weighted by Crippen LogP contribution is 2.28. The second-order valence-corrected chi connectivity index (χ2v) is 6.41. The van der Waals surface area contributed by atoms with Crippen LogP contribution in [0.5, 0.6) is 0 Å². The quantitative estimate of drug-likeness (QED) is 0.921. The molecule has 112 valence electrons. The van der Waals surface area contributed by atoms with E-state index in [1.165, 1.54) is 11.3 Å². The molecule has 0 aliphatic carbocycles. The molecule has 2 rings (SSSR count). The van der Waals surface area contributed by atoms with Crippen molar-refractivity contribution in [1.82, 2.24) is 5.32 Å². The van der Waals surface area contributed by atoms with Crippen molar-refractivity contribution in [2.75, 3.05) is 18.0 Å². The number of ether oxygens (including phenoxy) is 1. The first-order valence-corrected chi connectivity index (χ1v) is 7.75. The minimum atomic E-state index is 0.253. The van der Waals surface area contributed by atoms with E-state index < -0.39 is 0 Å². The molecule has 1 aromatic rings. The van der Waals surface area contributed by atoms with Gasteiger partial charge in [-0.2, -0.15) is 0 Å². The lowest BCUT2D eigenvalue weighted by molar-refractivity contribution is -0.00526. The molecular formula is C16H25ClN2O. The zero-order valence-electron chi connectivity index (χ0n) is 12.8. The Morgan fingerprint density at radius 1 is 1.30 bits per heavy atom. The zero-order chi connectivity index (χ0) is 14.7. The Labute approximate surface area is 127 Å². The van der Waals surface area contributed by atoms with Gasteiger partial charge in [0.25, 0.3) is 0 Å². The van der Waals surface area contributed by atoms with Gasteiger partial charge in [0, 0.05) is 36.4 Å². The second kappa shape index (κ2) is 6.79. The molecule has 1 aliphatic rings. The van der Waals surface area contributed by atoms with Gasteiger partial charge in [0.1, 0.15) is 0 Å². The third-order valence-electron chi connectivity index (χ3n) is 3.51. The molecule has 0 radical (unpaired) electrons. The Hall–Kier alpha value is -0.770. The molecule has 0 saturated carbocycles. The van der Waals surface area contributed by atoms with Crippen LogP contribution in [0.25, 0.3) is 0 Å². The third-order valence-corrected chi connectivity index (χ3v) is 3.74. The molecular weight excluding hydrogens is 272 g/mol. The number of nitrogens with zero attached hydrogens (tertiary/aromatic N) is 1. The molecule has 0 bridgehead atoms. The molecule has 1 N–H and O–H groups in total. The normalized spacial score (nSPS) is 23.4. The van der Waals surface area contributed by atoms with Crippen molar-refractivity contribution in [3.63, 3.8) is 0 Å². The lowest BCUT2D eigenvalue weighted by Crippen LogP contribution is -2.46. The Morgan fingerprint density at radius 3 is 2.55 bits per heavy atom. The van der Waals surface area contributed by atoms with E-state index in [9.17, 15) is 0 Å². The van der Waals surface area contributed by atoms with E-state index in [0.29, 0.717) is 6.04 Å². The van der Waals surface area contributed by atoms with E-state index in [1.54, 1.807) is 0 Å². The number of benzene rings is 1. The highest BCUT2D eigenvalue weighted by molar-refractivity contribution is 6.30. The number of rotatable bonds is 4. The van der Waals surface area contributed by atoms with Crippen LogP contribution in [0.4, 0.5) is 5.69 Å². The van der Waals surface area contributed by atoms with Crippen LogP contribution in [0, 0.1) is 0 Å². The van der Waals surface area contributed by atoms with Crippen molar-refractivity contribution in [2.24, 2.45) is 0 Å². The fourth-order valence-corrected chi connectivity index (χ4v) is 2.84. The topological polar surface area (TPSA) is 24.5 Å². The molecule has 0 amide bonds. The van der Waals surface area contributed by atoms with E-state index in [1.807, 2.05) is 6.07 Å². The van der Waals surface area contributed by atoms with Crippen molar-refractivity contribution in [3.8, 4) is 0 Å². The summed E-state index contributed by atoms with van der Waals surface area (Å²) in [5.41, 5.74) is 2.53. The van der Waals surface area contributed by atoms with E-state index in [-0.39, 0.29) is 12.2 Å². The molecule has 3 nitrogen and oxygen atoms in total. The van der Waals surface area contributed by atoms with Gasteiger partial charge in [0.05, 0.1) is 12.2 Å². The van der Waals surface area contributed by atoms with Crippen LogP contribution in [0.3, 0.4) is 0 Å². The molecule has 4 heteroatoms. The maximum absolute atomic E-state index is 6.19. The number of hydrogen-bond donors (Lipinski definition) is 1. The first-order chi connectivity index (χ1) is 9.45. The Balaban J connectivity index is 2.21. The fraction of sp³-hybridized carbons (Fsp3) is 0.625. The fourth-order valence-electron chi connectivity index (χ4n) is 2.67. The lowest BCUT2D eigenvalue weighted by atomic mass is 10.1. The van der Waals surface area contributed by atoms with Gasteiger partial charge in [0.2, 0.25) is 0 Å². The summed E-state index contributed by atoms with van der Waals surface area (Å²) in [6.45, 7) is 11.3. The summed E-state index contributed by atoms with van der Waals surface area (Å²) >= 11 is 6.19. The summed E-state index contributed by atoms with van der Waals surface area (Å²) in [5, 5.41) is 4.27. The number of anilines is 1. The largest absolute Gasteiger partial charge is 0.372 e. The van der Waals surface area contributed by atoms with Crippen LogP contribution in [0.1, 0.15) is 33.3 Å². The molecule has 1 aliphatic heterocycles. The third kappa shape index (κ3) is 4.11. The predicted molar refractivity (Wildman–Crippen MR) is 85.6 cm³/mol. The van der Waals surface area contributed by atoms with Crippen molar-refractivity contribution < 1.29 is 4.74 Å². The van der Waals surface area contributed by atoms with Gasteiger partial charge in [0.15, 0.2) is 0 Å². The highest BCUT2D eigenvalue weighted by Gasteiger charge is 2.24. The molecule has 0 spiro atoms. The molecule has 1 heterocycles. The van der Waals surface area contributed by atoms with Crippen molar-refractivity contribution in [2.45, 2.75) is 52.5 Å². The van der Waals surface area contributed by atoms with E-state index in [2.05, 4.69) is 50.0 Å². The summed E-state index contributed by atoms with van der Waals surface area (Å²) in [5.74, 6) is 0. The first-order valence-electron chi connectivity index (χ1n) is 7.38. The van der Waals surface area contributed by atoms with Gasteiger partial charge in [-0.05, 0) is 31.5 Å². The van der Waals surface area contributed by atoms with Gasteiger partial charge in [-0.25, -0.2) is 0 Å². The number of halogens is 1. The van der Waals surface area contributed by atoms with Crippen LogP contribution < -0.4 is 10.2 Å². The summed E-state index contributed by atoms with van der Waals surface area (Å²) in [7, 11) is 0. The van der Waals surface area contributed by atoms with Crippen LogP contribution in [0.2, 0.25) is 5.02 Å². The van der Waals surface area contributed by atoms with Crippen molar-refractivity contribution >= 4 is 17.3 Å². The van der Waals surface area contributed by atoms with Gasteiger partial charge in [-0.15, -0.1) is 0 Å². The standard InChI is InChI=1S/C16H25ClN2O/c1-11(2)18-8-14-5-6-15(17)7-16(14)19-9-12(3)20-13(4)10-19/h5-7,11-13,18H,8-10H2,1-4H3/t12-,13+. The zero-order valence-corrected chi connectivity index (χ0v) is 13.6. The van der Waals surface area contributed by atoms with Gasteiger partial charge >= 0.3 is 0 Å². The SMILES string of the molecule is CC(C)NCc1ccc(Cl)cc1N1C[C@@H](C)O[C@@H](C)C1.